The summed E-state index contributed by atoms with van der Waals surface area (Å²) in [6, 6.07) is 9.30. The van der Waals surface area contributed by atoms with Gasteiger partial charge in [0.05, 0.1) is 25.0 Å². The lowest BCUT2D eigenvalue weighted by Gasteiger charge is -2.12. The zero-order valence-electron chi connectivity index (χ0n) is 15.3. The second-order valence-corrected chi connectivity index (χ2v) is 6.80. The summed E-state index contributed by atoms with van der Waals surface area (Å²) in [6.45, 7) is 0.542. The van der Waals surface area contributed by atoms with Crippen molar-refractivity contribution in [3.8, 4) is 5.75 Å². The molecule has 0 saturated heterocycles. The van der Waals surface area contributed by atoms with E-state index in [9.17, 15) is 4.79 Å². The Labute approximate surface area is 157 Å². The Morgan fingerprint density at radius 1 is 1.19 bits per heavy atom. The summed E-state index contributed by atoms with van der Waals surface area (Å²) in [4.78, 5) is 19.3. The van der Waals surface area contributed by atoms with Crippen LogP contribution in [0.2, 0.25) is 0 Å². The second kappa shape index (κ2) is 7.65. The van der Waals surface area contributed by atoms with Gasteiger partial charge in [0, 0.05) is 18.2 Å². The zero-order valence-corrected chi connectivity index (χ0v) is 15.3. The number of fused-ring (bicyclic) bond motifs is 1. The van der Waals surface area contributed by atoms with E-state index < -0.39 is 0 Å². The highest BCUT2D eigenvalue weighted by Gasteiger charge is 2.16. The molecule has 0 saturated carbocycles. The number of aromatic amines is 2. The number of anilines is 1. The first-order chi connectivity index (χ1) is 13.2. The predicted molar refractivity (Wildman–Crippen MR) is 103 cm³/mol. The fraction of sp³-hybridized carbons (Fsp3) is 0.350. The number of rotatable bonds is 6. The Kier molecular flexibility index (Phi) is 4.91. The number of methoxy groups -OCH3 is 1. The third-order valence-corrected chi connectivity index (χ3v) is 4.90. The van der Waals surface area contributed by atoms with Gasteiger partial charge in [-0.05, 0) is 48.9 Å². The lowest BCUT2D eigenvalue weighted by Crippen LogP contribution is -2.15. The normalized spacial score (nSPS) is 13.2. The molecule has 140 valence electrons. The second-order valence-electron chi connectivity index (χ2n) is 6.80. The van der Waals surface area contributed by atoms with E-state index >= 15 is 0 Å². The molecule has 0 atom stereocenters. The van der Waals surface area contributed by atoms with Crippen LogP contribution in [-0.2, 0) is 25.8 Å². The number of aromatic nitrogens is 4. The van der Waals surface area contributed by atoms with Crippen molar-refractivity contribution in [2.75, 3.05) is 12.4 Å². The van der Waals surface area contributed by atoms with E-state index in [1.54, 1.807) is 7.11 Å². The maximum atomic E-state index is 12.0. The van der Waals surface area contributed by atoms with E-state index in [4.69, 9.17) is 4.74 Å². The maximum Gasteiger partial charge on any atom is 0.252 e. The first-order valence-corrected chi connectivity index (χ1v) is 9.23. The molecule has 0 spiro atoms. The molecule has 0 aliphatic heterocycles. The Bertz CT molecular complexity index is 975. The average Bonchev–Trinajstić information content (AvgIpc) is 3.10. The van der Waals surface area contributed by atoms with Crippen molar-refractivity contribution in [3.63, 3.8) is 0 Å². The van der Waals surface area contributed by atoms with Crippen LogP contribution in [0.25, 0.3) is 0 Å². The molecule has 0 fully saturated rings. The van der Waals surface area contributed by atoms with Crippen LogP contribution in [0.3, 0.4) is 0 Å². The lowest BCUT2D eigenvalue weighted by atomic mass is 9.96. The van der Waals surface area contributed by atoms with Crippen LogP contribution in [0.5, 0.6) is 5.75 Å². The van der Waals surface area contributed by atoms with Crippen molar-refractivity contribution in [2.24, 2.45) is 0 Å². The van der Waals surface area contributed by atoms with Gasteiger partial charge in [-0.3, -0.25) is 14.9 Å². The highest BCUT2D eigenvalue weighted by atomic mass is 16.5. The Morgan fingerprint density at radius 2 is 2.00 bits per heavy atom. The fourth-order valence-corrected chi connectivity index (χ4v) is 3.50. The third-order valence-electron chi connectivity index (χ3n) is 4.90. The molecule has 2 aromatic heterocycles. The first kappa shape index (κ1) is 17.3. The lowest BCUT2D eigenvalue weighted by molar-refractivity contribution is 0.414. The molecule has 7 heteroatoms. The van der Waals surface area contributed by atoms with Gasteiger partial charge in [0.1, 0.15) is 5.75 Å². The third kappa shape index (κ3) is 4.02. The van der Waals surface area contributed by atoms with Crippen molar-refractivity contribution in [1.82, 2.24) is 20.2 Å². The van der Waals surface area contributed by atoms with E-state index in [2.05, 4.69) is 25.5 Å². The van der Waals surface area contributed by atoms with Crippen molar-refractivity contribution >= 4 is 5.95 Å². The maximum absolute atomic E-state index is 12.0. The van der Waals surface area contributed by atoms with Gasteiger partial charge >= 0.3 is 0 Å². The summed E-state index contributed by atoms with van der Waals surface area (Å²) >= 11 is 0. The van der Waals surface area contributed by atoms with Gasteiger partial charge in [0.25, 0.3) is 5.56 Å². The molecule has 4 rings (SSSR count). The van der Waals surface area contributed by atoms with Crippen molar-refractivity contribution < 1.29 is 4.74 Å². The number of hydrogen-bond acceptors (Lipinski definition) is 5. The highest BCUT2D eigenvalue weighted by molar-refractivity contribution is 5.34. The molecule has 0 radical (unpaired) electrons. The number of ether oxygens (including phenoxy) is 1. The standard InChI is InChI=1S/C20H23N5O2/c1-27-15-8-6-13(7-9-15)10-14-11-19(26)23-20(22-14)21-12-18-16-4-2-3-5-17(16)24-25-18/h6-9,11H,2-5,10,12H2,1H3,(H,24,25)(H2,21,22,23,26). The molecule has 27 heavy (non-hydrogen) atoms. The Hall–Kier alpha value is -3.09. The van der Waals surface area contributed by atoms with Crippen LogP contribution < -0.4 is 15.6 Å². The topological polar surface area (TPSA) is 95.7 Å². The quantitative estimate of drug-likeness (QED) is 0.624. The minimum atomic E-state index is -0.167. The van der Waals surface area contributed by atoms with Crippen LogP contribution in [0.1, 0.15) is 41.1 Å². The molecule has 0 bridgehead atoms. The molecule has 3 aromatic rings. The highest BCUT2D eigenvalue weighted by Crippen LogP contribution is 2.22. The van der Waals surface area contributed by atoms with Crippen LogP contribution in [0, 0.1) is 0 Å². The van der Waals surface area contributed by atoms with E-state index in [0.29, 0.717) is 18.9 Å². The van der Waals surface area contributed by atoms with Gasteiger partial charge in [0.15, 0.2) is 0 Å². The number of H-pyrrole nitrogens is 2. The van der Waals surface area contributed by atoms with E-state index in [0.717, 1.165) is 35.5 Å². The van der Waals surface area contributed by atoms with Gasteiger partial charge in [-0.1, -0.05) is 12.1 Å². The minimum absolute atomic E-state index is 0.167. The molecule has 1 aliphatic carbocycles. The van der Waals surface area contributed by atoms with Gasteiger partial charge < -0.3 is 10.1 Å². The molecule has 0 amide bonds. The molecule has 1 aromatic carbocycles. The smallest absolute Gasteiger partial charge is 0.252 e. The first-order valence-electron chi connectivity index (χ1n) is 9.23. The average molecular weight is 365 g/mol. The van der Waals surface area contributed by atoms with Gasteiger partial charge in [-0.25, -0.2) is 4.98 Å². The minimum Gasteiger partial charge on any atom is -0.497 e. The van der Waals surface area contributed by atoms with E-state index in [-0.39, 0.29) is 5.56 Å². The van der Waals surface area contributed by atoms with Crippen molar-refractivity contribution in [3.05, 3.63) is 68.9 Å². The van der Waals surface area contributed by atoms with Crippen LogP contribution in [0.4, 0.5) is 5.95 Å². The van der Waals surface area contributed by atoms with Gasteiger partial charge in [0.2, 0.25) is 5.95 Å². The number of benzene rings is 1. The number of nitrogens with zero attached hydrogens (tertiary/aromatic N) is 2. The monoisotopic (exact) mass is 365 g/mol. The zero-order chi connectivity index (χ0) is 18.6. The molecule has 3 N–H and O–H groups in total. The largest absolute Gasteiger partial charge is 0.497 e. The van der Waals surface area contributed by atoms with Crippen molar-refractivity contribution in [2.45, 2.75) is 38.6 Å². The fourth-order valence-electron chi connectivity index (χ4n) is 3.50. The van der Waals surface area contributed by atoms with E-state index in [1.807, 2.05) is 24.3 Å². The Balaban J connectivity index is 1.47. The summed E-state index contributed by atoms with van der Waals surface area (Å²) < 4.78 is 5.18. The number of nitrogens with one attached hydrogen (secondary N) is 3. The van der Waals surface area contributed by atoms with Crippen LogP contribution in [-0.4, -0.2) is 27.3 Å². The molecule has 0 unspecified atom stereocenters. The molecular weight excluding hydrogens is 342 g/mol. The summed E-state index contributed by atoms with van der Waals surface area (Å²) in [5, 5.41) is 10.8. The van der Waals surface area contributed by atoms with Gasteiger partial charge in [-0.2, -0.15) is 5.10 Å². The SMILES string of the molecule is COc1ccc(Cc2cc(=O)[nH]c(NCc3n[nH]c4c3CCCC4)n2)cc1. The molecule has 1 aliphatic rings. The summed E-state index contributed by atoms with van der Waals surface area (Å²) in [7, 11) is 1.64. The van der Waals surface area contributed by atoms with Crippen LogP contribution in [0.15, 0.2) is 35.1 Å². The molecule has 7 nitrogen and oxygen atoms in total. The van der Waals surface area contributed by atoms with Gasteiger partial charge in [-0.15, -0.1) is 0 Å². The molecule has 2 heterocycles. The summed E-state index contributed by atoms with van der Waals surface area (Å²) in [5.74, 6) is 1.28. The molecular formula is C20H23N5O2. The predicted octanol–water partition coefficient (Wildman–Crippen LogP) is 2.58. The number of aryl methyl sites for hydroxylation is 1. The van der Waals surface area contributed by atoms with Crippen LogP contribution >= 0.6 is 0 Å². The Morgan fingerprint density at radius 3 is 2.81 bits per heavy atom. The summed E-state index contributed by atoms with van der Waals surface area (Å²) in [5.41, 5.74) is 5.18. The number of hydrogen-bond donors (Lipinski definition) is 3. The van der Waals surface area contributed by atoms with Crippen molar-refractivity contribution in [1.29, 1.82) is 0 Å². The summed E-state index contributed by atoms with van der Waals surface area (Å²) in [6.07, 6.45) is 5.12. The van der Waals surface area contributed by atoms with E-state index in [1.165, 1.54) is 30.2 Å².